The first-order valence-electron chi connectivity index (χ1n) is 9.11. The summed E-state index contributed by atoms with van der Waals surface area (Å²) in [7, 11) is 0. The van der Waals surface area contributed by atoms with Gasteiger partial charge in [-0.05, 0) is 26.0 Å². The molecule has 1 aromatic heterocycles. The number of hydrogen-bond acceptors (Lipinski definition) is 6. The third-order valence-corrected chi connectivity index (χ3v) is 4.50. The number of nitro groups is 1. The number of nitro benzene ring substituents is 1. The molecule has 1 saturated heterocycles. The summed E-state index contributed by atoms with van der Waals surface area (Å²) < 4.78 is 45.4. The van der Waals surface area contributed by atoms with E-state index in [0.717, 1.165) is 12.1 Å². The highest BCUT2D eigenvalue weighted by atomic mass is 19.4. The summed E-state index contributed by atoms with van der Waals surface area (Å²) in [6.45, 7) is 4.64. The number of rotatable bonds is 5. The van der Waals surface area contributed by atoms with Crippen molar-refractivity contribution >= 4 is 23.0 Å². The lowest BCUT2D eigenvalue weighted by molar-refractivity contribution is -0.384. The summed E-state index contributed by atoms with van der Waals surface area (Å²) in [5.41, 5.74) is -1.65. The third-order valence-electron chi connectivity index (χ3n) is 4.50. The van der Waals surface area contributed by atoms with Gasteiger partial charge in [-0.3, -0.25) is 19.6 Å². The van der Waals surface area contributed by atoms with Gasteiger partial charge < -0.3 is 15.0 Å². The van der Waals surface area contributed by atoms with E-state index in [-0.39, 0.29) is 30.3 Å². The van der Waals surface area contributed by atoms with E-state index in [1.807, 2.05) is 13.8 Å². The maximum absolute atomic E-state index is 12.8. The zero-order valence-electron chi connectivity index (χ0n) is 16.2. The number of amides is 1. The summed E-state index contributed by atoms with van der Waals surface area (Å²) in [6.07, 6.45) is -2.06. The molecule has 162 valence electrons. The molecule has 12 heteroatoms. The Kier molecular flexibility index (Phi) is 5.97. The van der Waals surface area contributed by atoms with Crippen LogP contribution in [0.1, 0.15) is 19.4 Å². The van der Waals surface area contributed by atoms with Crippen molar-refractivity contribution in [3.8, 4) is 0 Å². The number of anilines is 2. The Morgan fingerprint density at radius 1 is 1.33 bits per heavy atom. The molecule has 3 rings (SSSR count). The van der Waals surface area contributed by atoms with Crippen molar-refractivity contribution in [1.29, 1.82) is 0 Å². The number of ether oxygens (including phenoxy) is 1. The second-order valence-electron chi connectivity index (χ2n) is 7.09. The van der Waals surface area contributed by atoms with Gasteiger partial charge in [-0.15, -0.1) is 0 Å². The molecule has 0 bridgehead atoms. The molecule has 1 fully saturated rings. The molecule has 0 saturated carbocycles. The van der Waals surface area contributed by atoms with Gasteiger partial charge in [-0.25, -0.2) is 0 Å². The van der Waals surface area contributed by atoms with Crippen LogP contribution in [0.15, 0.2) is 30.6 Å². The largest absolute Gasteiger partial charge is 0.416 e. The first kappa shape index (κ1) is 21.6. The predicted octanol–water partition coefficient (Wildman–Crippen LogP) is 3.19. The van der Waals surface area contributed by atoms with Crippen molar-refractivity contribution in [2.24, 2.45) is 0 Å². The highest BCUT2D eigenvalue weighted by Crippen LogP contribution is 2.35. The summed E-state index contributed by atoms with van der Waals surface area (Å²) >= 11 is 0. The zero-order chi connectivity index (χ0) is 22.1. The van der Waals surface area contributed by atoms with Gasteiger partial charge in [-0.1, -0.05) is 0 Å². The number of alkyl halides is 3. The quantitative estimate of drug-likeness (QED) is 0.581. The first-order chi connectivity index (χ1) is 14.0. The molecule has 1 aliphatic rings. The van der Waals surface area contributed by atoms with Crippen LogP contribution >= 0.6 is 0 Å². The van der Waals surface area contributed by atoms with E-state index in [9.17, 15) is 28.1 Å². The first-order valence-corrected chi connectivity index (χ1v) is 9.11. The molecule has 1 aromatic carbocycles. The van der Waals surface area contributed by atoms with E-state index in [1.165, 1.54) is 17.1 Å². The number of carbonyl (C=O) groups is 1. The maximum atomic E-state index is 12.8. The highest BCUT2D eigenvalue weighted by molar-refractivity contribution is 5.76. The van der Waals surface area contributed by atoms with Gasteiger partial charge in [0.25, 0.3) is 5.69 Å². The molecule has 2 heterocycles. The van der Waals surface area contributed by atoms with Crippen molar-refractivity contribution in [1.82, 2.24) is 14.7 Å². The normalized spacial score (nSPS) is 19.6. The van der Waals surface area contributed by atoms with Crippen molar-refractivity contribution in [3.63, 3.8) is 0 Å². The lowest BCUT2D eigenvalue weighted by atomic mass is 10.1. The lowest BCUT2D eigenvalue weighted by Gasteiger charge is -2.35. The number of halogens is 3. The van der Waals surface area contributed by atoms with Gasteiger partial charge in [0.05, 0.1) is 34.6 Å². The van der Waals surface area contributed by atoms with Crippen molar-refractivity contribution in [2.75, 3.05) is 18.4 Å². The van der Waals surface area contributed by atoms with Gasteiger partial charge in [-0.2, -0.15) is 18.3 Å². The van der Waals surface area contributed by atoms with Crippen LogP contribution in [0.25, 0.3) is 0 Å². The molecule has 9 nitrogen and oxygen atoms in total. The van der Waals surface area contributed by atoms with Crippen LogP contribution in [0.3, 0.4) is 0 Å². The SMILES string of the molecule is CC1CN(C(=O)Cn2cc(Nc3ccc(C(F)(F)F)cc3[N+](=O)[O-])cn2)CC(C)O1. The minimum absolute atomic E-state index is 0.0454. The summed E-state index contributed by atoms with van der Waals surface area (Å²) in [4.78, 5) is 24.5. The minimum Gasteiger partial charge on any atom is -0.372 e. The highest BCUT2D eigenvalue weighted by Gasteiger charge is 2.33. The molecule has 30 heavy (non-hydrogen) atoms. The Balaban J connectivity index is 1.71. The molecule has 1 aliphatic heterocycles. The average Bonchev–Trinajstić information content (AvgIpc) is 3.07. The van der Waals surface area contributed by atoms with Crippen LogP contribution in [0, 0.1) is 10.1 Å². The van der Waals surface area contributed by atoms with Crippen molar-refractivity contribution < 1.29 is 27.6 Å². The lowest BCUT2D eigenvalue weighted by Crippen LogP contribution is -2.49. The van der Waals surface area contributed by atoms with Crippen molar-refractivity contribution in [3.05, 3.63) is 46.3 Å². The molecular weight excluding hydrogens is 407 g/mol. The molecule has 0 radical (unpaired) electrons. The van der Waals surface area contributed by atoms with E-state index < -0.39 is 22.4 Å². The van der Waals surface area contributed by atoms with Gasteiger partial charge in [0.15, 0.2) is 0 Å². The zero-order valence-corrected chi connectivity index (χ0v) is 16.2. The maximum Gasteiger partial charge on any atom is 0.416 e. The number of hydrogen-bond donors (Lipinski definition) is 1. The van der Waals surface area contributed by atoms with Crippen LogP contribution in [-0.2, 0) is 22.3 Å². The summed E-state index contributed by atoms with van der Waals surface area (Å²) in [5.74, 6) is -0.160. The van der Waals surface area contributed by atoms with Crippen LogP contribution in [-0.4, -0.2) is 50.8 Å². The fourth-order valence-corrected chi connectivity index (χ4v) is 3.25. The molecule has 1 amide bonds. The fraction of sp³-hybridized carbons (Fsp3) is 0.444. The number of morpholine rings is 1. The fourth-order valence-electron chi connectivity index (χ4n) is 3.25. The Bertz CT molecular complexity index is 936. The van der Waals surface area contributed by atoms with Gasteiger partial charge in [0, 0.05) is 25.4 Å². The Labute approximate surface area is 169 Å². The topological polar surface area (TPSA) is 103 Å². The van der Waals surface area contributed by atoms with E-state index in [0.29, 0.717) is 24.8 Å². The van der Waals surface area contributed by atoms with Crippen LogP contribution < -0.4 is 5.32 Å². The number of benzene rings is 1. The second kappa shape index (κ2) is 8.30. The van der Waals surface area contributed by atoms with E-state index >= 15 is 0 Å². The Hall–Kier alpha value is -3.15. The number of aromatic nitrogens is 2. The molecule has 2 aromatic rings. The monoisotopic (exact) mass is 427 g/mol. The van der Waals surface area contributed by atoms with Crippen LogP contribution in [0.5, 0.6) is 0 Å². The average molecular weight is 427 g/mol. The number of nitrogens with one attached hydrogen (secondary N) is 1. The van der Waals surface area contributed by atoms with E-state index in [2.05, 4.69) is 10.4 Å². The standard InChI is InChI=1S/C18H20F3N5O4/c1-11-7-24(8-12(2)30-11)17(27)10-25-9-14(6-22-25)23-15-4-3-13(18(19,20)21)5-16(15)26(28)29/h3-6,9,11-12,23H,7-8,10H2,1-2H3. The van der Waals surface area contributed by atoms with Gasteiger partial charge in [0.1, 0.15) is 12.2 Å². The molecular formula is C18H20F3N5O4. The summed E-state index contributed by atoms with van der Waals surface area (Å²) in [5, 5.41) is 17.9. The van der Waals surface area contributed by atoms with E-state index in [4.69, 9.17) is 4.74 Å². The molecule has 2 atom stereocenters. The third kappa shape index (κ3) is 5.06. The smallest absolute Gasteiger partial charge is 0.372 e. The predicted molar refractivity (Wildman–Crippen MR) is 100 cm³/mol. The van der Waals surface area contributed by atoms with Crippen LogP contribution in [0.2, 0.25) is 0 Å². The number of nitrogens with zero attached hydrogens (tertiary/aromatic N) is 4. The Morgan fingerprint density at radius 2 is 2.00 bits per heavy atom. The molecule has 1 N–H and O–H groups in total. The minimum atomic E-state index is -4.69. The van der Waals surface area contributed by atoms with Crippen LogP contribution in [0.4, 0.5) is 30.2 Å². The summed E-state index contributed by atoms with van der Waals surface area (Å²) in [6, 6.07) is 2.21. The molecule has 2 unspecified atom stereocenters. The Morgan fingerprint density at radius 3 is 2.60 bits per heavy atom. The van der Waals surface area contributed by atoms with Gasteiger partial charge >= 0.3 is 6.18 Å². The molecule has 0 spiro atoms. The molecule has 0 aliphatic carbocycles. The second-order valence-corrected chi connectivity index (χ2v) is 7.09. The van der Waals surface area contributed by atoms with Gasteiger partial charge in [0.2, 0.25) is 5.91 Å². The van der Waals surface area contributed by atoms with Crippen molar-refractivity contribution in [2.45, 2.75) is 38.8 Å². The number of carbonyl (C=O) groups excluding carboxylic acids is 1. The van der Waals surface area contributed by atoms with E-state index in [1.54, 1.807) is 4.90 Å².